The average molecular weight is 568 g/mol. The van der Waals surface area contributed by atoms with Gasteiger partial charge in [0.15, 0.2) is 0 Å². The summed E-state index contributed by atoms with van der Waals surface area (Å²) in [6.07, 6.45) is 5.64. The molecule has 1 fully saturated rings. The molecule has 0 unspecified atom stereocenters. The van der Waals surface area contributed by atoms with E-state index in [1.54, 1.807) is 36.7 Å². The van der Waals surface area contributed by atoms with Crippen LogP contribution in [0.4, 0.5) is 4.79 Å². The van der Waals surface area contributed by atoms with E-state index in [1.807, 2.05) is 30.3 Å². The molecule has 0 radical (unpaired) electrons. The first-order chi connectivity index (χ1) is 19.3. The van der Waals surface area contributed by atoms with Gasteiger partial charge in [-0.25, -0.2) is 13.2 Å². The number of methoxy groups -OCH3 is 1. The van der Waals surface area contributed by atoms with Crippen molar-refractivity contribution in [2.45, 2.75) is 55.8 Å². The first-order valence-corrected chi connectivity index (χ1v) is 15.0. The molecule has 4 rings (SSSR count). The minimum atomic E-state index is -3.92. The number of carbonyl (C=O) groups is 1. The molecule has 2 atom stereocenters. The van der Waals surface area contributed by atoms with Crippen LogP contribution in [-0.4, -0.2) is 61.3 Å². The second kappa shape index (κ2) is 14.2. The number of hydrogen-bond donors (Lipinski definition) is 2. The van der Waals surface area contributed by atoms with Crippen LogP contribution in [0.1, 0.15) is 36.8 Å². The fraction of sp³-hybridized carbons (Fsp3) is 0.400. The summed E-state index contributed by atoms with van der Waals surface area (Å²) < 4.78 is 39.5. The Bertz CT molecular complexity index is 1300. The maximum absolute atomic E-state index is 13.8. The zero-order chi connectivity index (χ0) is 28.4. The van der Waals surface area contributed by atoms with Gasteiger partial charge >= 0.3 is 6.09 Å². The molecule has 2 aromatic carbocycles. The molecule has 2 N–H and O–H groups in total. The molecule has 1 saturated carbocycles. The van der Waals surface area contributed by atoms with Gasteiger partial charge in [-0.1, -0.05) is 49.2 Å². The van der Waals surface area contributed by atoms with Gasteiger partial charge in [-0.05, 0) is 61.1 Å². The lowest BCUT2D eigenvalue weighted by Gasteiger charge is -2.31. The number of rotatable bonds is 13. The summed E-state index contributed by atoms with van der Waals surface area (Å²) in [5, 5.41) is 14.2. The van der Waals surface area contributed by atoms with Crippen LogP contribution in [0.5, 0.6) is 5.75 Å². The van der Waals surface area contributed by atoms with E-state index in [-0.39, 0.29) is 24.0 Å². The topological polar surface area (TPSA) is 118 Å². The van der Waals surface area contributed by atoms with E-state index >= 15 is 0 Å². The van der Waals surface area contributed by atoms with Gasteiger partial charge in [-0.3, -0.25) is 4.98 Å². The normalized spacial score (nSPS) is 15.5. The van der Waals surface area contributed by atoms with Crippen molar-refractivity contribution in [3.63, 3.8) is 0 Å². The highest BCUT2D eigenvalue weighted by atomic mass is 32.2. The van der Waals surface area contributed by atoms with E-state index in [2.05, 4.69) is 10.3 Å². The number of ether oxygens (including phenoxy) is 2. The van der Waals surface area contributed by atoms with Crippen molar-refractivity contribution in [2.75, 3.05) is 20.2 Å². The molecule has 3 aromatic rings. The van der Waals surface area contributed by atoms with Crippen molar-refractivity contribution in [2.24, 2.45) is 5.92 Å². The molecule has 0 spiro atoms. The Labute approximate surface area is 236 Å². The minimum Gasteiger partial charge on any atom is -0.497 e. The van der Waals surface area contributed by atoms with Crippen LogP contribution in [0, 0.1) is 5.92 Å². The lowest BCUT2D eigenvalue weighted by Crippen LogP contribution is -2.51. The van der Waals surface area contributed by atoms with Gasteiger partial charge in [-0.15, -0.1) is 0 Å². The zero-order valence-electron chi connectivity index (χ0n) is 22.7. The molecule has 0 saturated heterocycles. The number of pyridine rings is 1. The smallest absolute Gasteiger partial charge is 0.407 e. The SMILES string of the molecule is COc1ccc(S(=O)(=O)N(CC2CCCC2)C[C@@H](O)[C@H](Cc2ccccc2)NC(=O)OCc2cccnc2)cc1. The number of alkyl carbamates (subject to hydrolysis) is 1. The monoisotopic (exact) mass is 567 g/mol. The van der Waals surface area contributed by atoms with E-state index in [0.29, 0.717) is 18.7 Å². The summed E-state index contributed by atoms with van der Waals surface area (Å²) in [5.74, 6) is 0.767. The number of sulfonamides is 1. The molecule has 1 heterocycles. The molecule has 1 aromatic heterocycles. The second-order valence-corrected chi connectivity index (χ2v) is 12.0. The number of hydrogen-bond acceptors (Lipinski definition) is 7. The summed E-state index contributed by atoms with van der Waals surface area (Å²) in [4.78, 5) is 16.9. The molecule has 1 amide bonds. The zero-order valence-corrected chi connectivity index (χ0v) is 23.5. The van der Waals surface area contributed by atoms with Gasteiger partial charge in [0, 0.05) is 31.0 Å². The maximum atomic E-state index is 13.8. The Morgan fingerprint density at radius 1 is 1.05 bits per heavy atom. The molecular weight excluding hydrogens is 530 g/mol. The van der Waals surface area contributed by atoms with Gasteiger partial charge in [0.1, 0.15) is 12.4 Å². The predicted octanol–water partition coefficient (Wildman–Crippen LogP) is 4.17. The summed E-state index contributed by atoms with van der Waals surface area (Å²) in [6.45, 7) is 0.146. The average Bonchev–Trinajstić information content (AvgIpc) is 3.50. The van der Waals surface area contributed by atoms with Crippen LogP contribution in [0.15, 0.2) is 84.0 Å². The highest BCUT2D eigenvalue weighted by molar-refractivity contribution is 7.89. The van der Waals surface area contributed by atoms with E-state index in [4.69, 9.17) is 9.47 Å². The number of benzene rings is 2. The minimum absolute atomic E-state index is 0.0213. The fourth-order valence-corrected chi connectivity index (χ4v) is 6.50. The van der Waals surface area contributed by atoms with Crippen molar-refractivity contribution in [1.29, 1.82) is 0 Å². The quantitative estimate of drug-likeness (QED) is 0.318. The standard InChI is InChI=1S/C30H37N3O6S/c1-38-26-13-15-27(16-14-26)40(36,37)33(20-24-10-5-6-11-24)21-29(34)28(18-23-8-3-2-4-9-23)32-30(35)39-22-25-12-7-17-31-19-25/h2-4,7-9,12-17,19,24,28-29,34H,5-6,10-11,18,20-22H2,1H3,(H,32,35)/t28-,29+/m0/s1. The molecule has 214 valence electrons. The summed E-state index contributed by atoms with van der Waals surface area (Å²) >= 11 is 0. The Hall–Kier alpha value is -3.47. The lowest BCUT2D eigenvalue weighted by atomic mass is 10.0. The maximum Gasteiger partial charge on any atom is 0.407 e. The van der Waals surface area contributed by atoms with Crippen LogP contribution < -0.4 is 10.1 Å². The van der Waals surface area contributed by atoms with Gasteiger partial charge in [0.25, 0.3) is 0 Å². The van der Waals surface area contributed by atoms with Crippen molar-refractivity contribution in [3.05, 3.63) is 90.3 Å². The van der Waals surface area contributed by atoms with Crippen molar-refractivity contribution >= 4 is 16.1 Å². The number of amides is 1. The third-order valence-electron chi connectivity index (χ3n) is 7.18. The Morgan fingerprint density at radius 3 is 2.40 bits per heavy atom. The van der Waals surface area contributed by atoms with Gasteiger partial charge in [-0.2, -0.15) is 4.31 Å². The third-order valence-corrected chi connectivity index (χ3v) is 9.03. The second-order valence-electron chi connectivity index (χ2n) is 10.1. The molecule has 10 heteroatoms. The van der Waals surface area contributed by atoms with Crippen LogP contribution in [0.2, 0.25) is 0 Å². The van der Waals surface area contributed by atoms with E-state index in [0.717, 1.165) is 36.8 Å². The van der Waals surface area contributed by atoms with Crippen LogP contribution in [-0.2, 0) is 27.8 Å². The van der Waals surface area contributed by atoms with Crippen LogP contribution >= 0.6 is 0 Å². The summed E-state index contributed by atoms with van der Waals surface area (Å²) in [6, 6.07) is 18.4. The molecular formula is C30H37N3O6S. The molecule has 9 nitrogen and oxygen atoms in total. The molecule has 0 aliphatic heterocycles. The Balaban J connectivity index is 1.53. The van der Waals surface area contributed by atoms with Gasteiger partial charge < -0.3 is 19.9 Å². The molecule has 40 heavy (non-hydrogen) atoms. The van der Waals surface area contributed by atoms with E-state index in [9.17, 15) is 18.3 Å². The number of nitrogens with one attached hydrogen (secondary N) is 1. The van der Waals surface area contributed by atoms with Crippen LogP contribution in [0.25, 0.3) is 0 Å². The highest BCUT2D eigenvalue weighted by Crippen LogP contribution is 2.29. The fourth-order valence-electron chi connectivity index (χ4n) is 4.96. The van der Waals surface area contributed by atoms with E-state index in [1.165, 1.54) is 23.5 Å². The number of aromatic nitrogens is 1. The van der Waals surface area contributed by atoms with Crippen molar-refractivity contribution in [1.82, 2.24) is 14.6 Å². The molecule has 1 aliphatic carbocycles. The first-order valence-electron chi connectivity index (χ1n) is 13.5. The summed E-state index contributed by atoms with van der Waals surface area (Å²) in [5.41, 5.74) is 1.62. The number of nitrogens with zero attached hydrogens (tertiary/aromatic N) is 2. The third kappa shape index (κ3) is 8.27. The number of aliphatic hydroxyl groups is 1. The summed E-state index contributed by atoms with van der Waals surface area (Å²) in [7, 11) is -2.40. The molecule has 1 aliphatic rings. The number of aliphatic hydroxyl groups excluding tert-OH is 1. The predicted molar refractivity (Wildman–Crippen MR) is 151 cm³/mol. The molecule has 0 bridgehead atoms. The van der Waals surface area contributed by atoms with Gasteiger partial charge in [0.2, 0.25) is 10.0 Å². The van der Waals surface area contributed by atoms with Gasteiger partial charge in [0.05, 0.1) is 24.2 Å². The van der Waals surface area contributed by atoms with Crippen molar-refractivity contribution < 1.29 is 27.8 Å². The van der Waals surface area contributed by atoms with Crippen LogP contribution in [0.3, 0.4) is 0 Å². The lowest BCUT2D eigenvalue weighted by molar-refractivity contribution is 0.0866. The number of carbonyl (C=O) groups excluding carboxylic acids is 1. The largest absolute Gasteiger partial charge is 0.497 e. The highest BCUT2D eigenvalue weighted by Gasteiger charge is 2.33. The first kappa shape index (κ1) is 29.5. The Kier molecular flexibility index (Phi) is 10.5. The Morgan fingerprint density at radius 2 is 1.75 bits per heavy atom. The van der Waals surface area contributed by atoms with Crippen molar-refractivity contribution in [3.8, 4) is 5.75 Å². The van der Waals surface area contributed by atoms with E-state index < -0.39 is 28.3 Å².